The molecule has 0 unspecified atom stereocenters. The molecule has 1 amide bonds. The molecule has 0 aliphatic heterocycles. The molecule has 0 atom stereocenters. The van der Waals surface area contributed by atoms with Gasteiger partial charge in [-0.2, -0.15) is 13.2 Å². The SMILES string of the molecule is Cc1noc(C)c1COc1cccc(C(=O)N(C)CCC(F)(F)F)c1. The second-order valence-corrected chi connectivity index (χ2v) is 5.71. The standard InChI is InChI=1S/C17H19F3N2O3/c1-11-15(12(2)25-21-11)10-24-14-6-4-5-13(9-14)16(23)22(3)8-7-17(18,19)20/h4-6,9H,7-8,10H2,1-3H3. The maximum absolute atomic E-state index is 12.3. The lowest BCUT2D eigenvalue weighted by Crippen LogP contribution is -2.30. The van der Waals surface area contributed by atoms with Gasteiger partial charge in [0.2, 0.25) is 0 Å². The Labute approximate surface area is 143 Å². The molecule has 1 aromatic carbocycles. The van der Waals surface area contributed by atoms with E-state index in [4.69, 9.17) is 9.26 Å². The minimum atomic E-state index is -4.30. The largest absolute Gasteiger partial charge is 0.489 e. The molecule has 0 saturated carbocycles. The first-order valence-corrected chi connectivity index (χ1v) is 7.64. The number of hydrogen-bond acceptors (Lipinski definition) is 4. The van der Waals surface area contributed by atoms with Crippen LogP contribution in [0.3, 0.4) is 0 Å². The van der Waals surface area contributed by atoms with Gasteiger partial charge in [0.25, 0.3) is 5.91 Å². The first kappa shape index (κ1) is 18.8. The highest BCUT2D eigenvalue weighted by Crippen LogP contribution is 2.21. The van der Waals surface area contributed by atoms with Gasteiger partial charge in [-0.05, 0) is 32.0 Å². The van der Waals surface area contributed by atoms with E-state index in [2.05, 4.69) is 5.16 Å². The Morgan fingerprint density at radius 2 is 2.04 bits per heavy atom. The number of halogens is 3. The Hall–Kier alpha value is -2.51. The van der Waals surface area contributed by atoms with Crippen LogP contribution in [-0.4, -0.2) is 35.7 Å². The van der Waals surface area contributed by atoms with Crippen LogP contribution in [0, 0.1) is 13.8 Å². The fraction of sp³-hybridized carbons (Fsp3) is 0.412. The van der Waals surface area contributed by atoms with Crippen LogP contribution in [0.15, 0.2) is 28.8 Å². The van der Waals surface area contributed by atoms with Gasteiger partial charge in [0.15, 0.2) is 0 Å². The van der Waals surface area contributed by atoms with Gasteiger partial charge in [-0.25, -0.2) is 0 Å². The molecular formula is C17H19F3N2O3. The van der Waals surface area contributed by atoms with Crippen LogP contribution in [0.4, 0.5) is 13.2 Å². The fourth-order valence-electron chi connectivity index (χ4n) is 2.20. The van der Waals surface area contributed by atoms with Gasteiger partial charge in [0, 0.05) is 19.2 Å². The highest BCUT2D eigenvalue weighted by Gasteiger charge is 2.28. The van der Waals surface area contributed by atoms with Crippen molar-refractivity contribution in [2.75, 3.05) is 13.6 Å². The second kappa shape index (κ2) is 7.58. The lowest BCUT2D eigenvalue weighted by atomic mass is 10.2. The van der Waals surface area contributed by atoms with E-state index in [1.165, 1.54) is 19.2 Å². The van der Waals surface area contributed by atoms with E-state index in [9.17, 15) is 18.0 Å². The Bertz CT molecular complexity index is 721. The average molecular weight is 356 g/mol. The predicted octanol–water partition coefficient (Wildman–Crippen LogP) is 3.89. The molecule has 0 saturated heterocycles. The van der Waals surface area contributed by atoms with Crippen molar-refractivity contribution in [3.05, 3.63) is 46.8 Å². The zero-order valence-electron chi connectivity index (χ0n) is 14.2. The van der Waals surface area contributed by atoms with Crippen molar-refractivity contribution in [1.82, 2.24) is 10.1 Å². The zero-order chi connectivity index (χ0) is 18.6. The Kier molecular flexibility index (Phi) is 5.71. The van der Waals surface area contributed by atoms with Crippen LogP contribution >= 0.6 is 0 Å². The second-order valence-electron chi connectivity index (χ2n) is 5.71. The topological polar surface area (TPSA) is 55.6 Å². The van der Waals surface area contributed by atoms with Crippen molar-refractivity contribution >= 4 is 5.91 Å². The minimum absolute atomic E-state index is 0.225. The van der Waals surface area contributed by atoms with Gasteiger partial charge in [0.1, 0.15) is 18.1 Å². The molecule has 0 spiro atoms. The van der Waals surface area contributed by atoms with E-state index in [0.717, 1.165) is 16.2 Å². The third kappa shape index (κ3) is 5.23. The zero-order valence-corrected chi connectivity index (χ0v) is 14.2. The van der Waals surface area contributed by atoms with Gasteiger partial charge in [-0.1, -0.05) is 11.2 Å². The highest BCUT2D eigenvalue weighted by atomic mass is 19.4. The molecule has 136 valence electrons. The summed E-state index contributed by atoms with van der Waals surface area (Å²) in [4.78, 5) is 13.3. The first-order chi connectivity index (χ1) is 11.7. The maximum Gasteiger partial charge on any atom is 0.390 e. The van der Waals surface area contributed by atoms with E-state index >= 15 is 0 Å². The fourth-order valence-corrected chi connectivity index (χ4v) is 2.20. The van der Waals surface area contributed by atoms with Crippen molar-refractivity contribution in [1.29, 1.82) is 0 Å². The van der Waals surface area contributed by atoms with Crippen molar-refractivity contribution in [2.45, 2.75) is 33.1 Å². The van der Waals surface area contributed by atoms with E-state index in [-0.39, 0.29) is 12.2 Å². The van der Waals surface area contributed by atoms with Crippen LogP contribution in [0.2, 0.25) is 0 Å². The summed E-state index contributed by atoms with van der Waals surface area (Å²) in [5.74, 6) is 0.596. The van der Waals surface area contributed by atoms with Gasteiger partial charge in [-0.15, -0.1) is 0 Å². The van der Waals surface area contributed by atoms with E-state index in [0.29, 0.717) is 11.5 Å². The number of aromatic nitrogens is 1. The number of aryl methyl sites for hydroxylation is 2. The van der Waals surface area contributed by atoms with E-state index in [1.807, 2.05) is 0 Å². The Morgan fingerprint density at radius 1 is 1.32 bits per heavy atom. The molecule has 0 fully saturated rings. The quantitative estimate of drug-likeness (QED) is 0.788. The molecular weight excluding hydrogens is 337 g/mol. The van der Waals surface area contributed by atoms with Crippen molar-refractivity contribution < 1.29 is 27.2 Å². The lowest BCUT2D eigenvalue weighted by Gasteiger charge is -2.18. The molecule has 8 heteroatoms. The summed E-state index contributed by atoms with van der Waals surface area (Å²) in [6, 6.07) is 6.33. The van der Waals surface area contributed by atoms with Crippen molar-refractivity contribution in [2.24, 2.45) is 0 Å². The summed E-state index contributed by atoms with van der Waals surface area (Å²) in [5.41, 5.74) is 1.80. The Morgan fingerprint density at radius 3 is 2.64 bits per heavy atom. The third-order valence-corrected chi connectivity index (χ3v) is 3.72. The molecule has 1 heterocycles. The maximum atomic E-state index is 12.3. The number of carbonyl (C=O) groups is 1. The third-order valence-electron chi connectivity index (χ3n) is 3.72. The van der Waals surface area contributed by atoms with Crippen LogP contribution in [0.1, 0.15) is 33.8 Å². The molecule has 25 heavy (non-hydrogen) atoms. The number of ether oxygens (including phenoxy) is 1. The normalized spacial score (nSPS) is 11.4. The Balaban J connectivity index is 2.01. The summed E-state index contributed by atoms with van der Waals surface area (Å²) in [5, 5.41) is 3.83. The molecule has 0 bridgehead atoms. The molecule has 2 aromatic rings. The number of rotatable bonds is 6. The van der Waals surface area contributed by atoms with Gasteiger partial charge in [0.05, 0.1) is 17.7 Å². The van der Waals surface area contributed by atoms with Crippen LogP contribution in [0.5, 0.6) is 5.75 Å². The molecule has 5 nitrogen and oxygen atoms in total. The molecule has 0 N–H and O–H groups in total. The van der Waals surface area contributed by atoms with E-state index < -0.39 is 25.0 Å². The van der Waals surface area contributed by atoms with Crippen LogP contribution in [0.25, 0.3) is 0 Å². The van der Waals surface area contributed by atoms with Crippen molar-refractivity contribution in [3.63, 3.8) is 0 Å². The van der Waals surface area contributed by atoms with Gasteiger partial charge >= 0.3 is 6.18 Å². The number of carbonyl (C=O) groups excluding carboxylic acids is 1. The smallest absolute Gasteiger partial charge is 0.390 e. The molecule has 0 radical (unpaired) electrons. The molecule has 0 aliphatic carbocycles. The first-order valence-electron chi connectivity index (χ1n) is 7.64. The van der Waals surface area contributed by atoms with Crippen LogP contribution < -0.4 is 4.74 Å². The number of benzene rings is 1. The monoisotopic (exact) mass is 356 g/mol. The number of amides is 1. The summed E-state index contributed by atoms with van der Waals surface area (Å²) in [6.07, 6.45) is -5.34. The highest BCUT2D eigenvalue weighted by molar-refractivity contribution is 5.94. The summed E-state index contributed by atoms with van der Waals surface area (Å²) < 4.78 is 47.5. The minimum Gasteiger partial charge on any atom is -0.489 e. The van der Waals surface area contributed by atoms with Gasteiger partial charge in [-0.3, -0.25) is 4.79 Å². The summed E-state index contributed by atoms with van der Waals surface area (Å²) in [7, 11) is 1.34. The van der Waals surface area contributed by atoms with Crippen molar-refractivity contribution in [3.8, 4) is 5.75 Å². The van der Waals surface area contributed by atoms with Crippen LogP contribution in [-0.2, 0) is 6.61 Å². The lowest BCUT2D eigenvalue weighted by molar-refractivity contribution is -0.136. The number of alkyl halides is 3. The summed E-state index contributed by atoms with van der Waals surface area (Å²) >= 11 is 0. The predicted molar refractivity (Wildman–Crippen MR) is 84.4 cm³/mol. The number of nitrogens with zero attached hydrogens (tertiary/aromatic N) is 2. The summed E-state index contributed by atoms with van der Waals surface area (Å²) in [6.45, 7) is 3.40. The van der Waals surface area contributed by atoms with Gasteiger partial charge < -0.3 is 14.2 Å². The average Bonchev–Trinajstić information content (AvgIpc) is 2.88. The molecule has 2 rings (SSSR count). The number of hydrogen-bond donors (Lipinski definition) is 0. The molecule has 1 aromatic heterocycles. The van der Waals surface area contributed by atoms with E-state index in [1.54, 1.807) is 26.0 Å². The molecule has 0 aliphatic rings.